The molecule has 0 fully saturated rings. The standard InChI is InChI=1S/C11H14BrN3O3/c1-2-3-6-13-11(16)14-8-4-5-9(12)10(7-8)15(17)18/h4-5,7H,2-3,6H2,1H3,(H2,13,14,16). The summed E-state index contributed by atoms with van der Waals surface area (Å²) in [6.07, 6.45) is 1.89. The molecule has 6 nitrogen and oxygen atoms in total. The quantitative estimate of drug-likeness (QED) is 0.497. The molecule has 0 aliphatic heterocycles. The largest absolute Gasteiger partial charge is 0.338 e. The number of nitrogens with zero attached hydrogens (tertiary/aromatic N) is 1. The zero-order valence-electron chi connectivity index (χ0n) is 9.90. The van der Waals surface area contributed by atoms with Crippen molar-refractivity contribution in [3.8, 4) is 0 Å². The van der Waals surface area contributed by atoms with Gasteiger partial charge in [-0.25, -0.2) is 4.79 Å². The molecule has 1 aromatic rings. The van der Waals surface area contributed by atoms with Crippen LogP contribution in [0.5, 0.6) is 0 Å². The maximum atomic E-state index is 11.4. The predicted octanol–water partition coefficient (Wildman–Crippen LogP) is 3.28. The van der Waals surface area contributed by atoms with E-state index in [0.29, 0.717) is 16.7 Å². The zero-order chi connectivity index (χ0) is 13.5. The number of rotatable bonds is 5. The molecule has 0 aromatic heterocycles. The SMILES string of the molecule is CCCCNC(=O)Nc1ccc(Br)c([N+](=O)[O-])c1. The van der Waals surface area contributed by atoms with Crippen LogP contribution in [-0.4, -0.2) is 17.5 Å². The molecule has 18 heavy (non-hydrogen) atoms. The van der Waals surface area contributed by atoms with Crippen LogP contribution in [0.1, 0.15) is 19.8 Å². The molecule has 1 rings (SSSR count). The highest BCUT2D eigenvalue weighted by Gasteiger charge is 2.13. The maximum Gasteiger partial charge on any atom is 0.319 e. The van der Waals surface area contributed by atoms with Crippen molar-refractivity contribution in [1.29, 1.82) is 0 Å². The highest BCUT2D eigenvalue weighted by atomic mass is 79.9. The molecule has 0 saturated heterocycles. The number of amides is 2. The van der Waals surface area contributed by atoms with Crippen LogP contribution in [0.3, 0.4) is 0 Å². The molecular weight excluding hydrogens is 302 g/mol. The van der Waals surface area contributed by atoms with Gasteiger partial charge in [0.1, 0.15) is 0 Å². The molecule has 0 radical (unpaired) electrons. The Morgan fingerprint density at radius 2 is 2.22 bits per heavy atom. The number of nitro groups is 1. The maximum absolute atomic E-state index is 11.4. The normalized spacial score (nSPS) is 9.89. The van der Waals surface area contributed by atoms with Crippen LogP contribution in [-0.2, 0) is 0 Å². The number of nitro benzene ring substituents is 1. The number of hydrogen-bond donors (Lipinski definition) is 2. The molecule has 2 N–H and O–H groups in total. The predicted molar refractivity (Wildman–Crippen MR) is 72.7 cm³/mol. The molecule has 0 unspecified atom stereocenters. The van der Waals surface area contributed by atoms with Crippen molar-refractivity contribution in [2.24, 2.45) is 0 Å². The lowest BCUT2D eigenvalue weighted by Crippen LogP contribution is -2.29. The first-order valence-corrected chi connectivity index (χ1v) is 6.32. The molecule has 0 aliphatic carbocycles. The lowest BCUT2D eigenvalue weighted by Gasteiger charge is -2.07. The average molecular weight is 316 g/mol. The van der Waals surface area contributed by atoms with Crippen molar-refractivity contribution in [1.82, 2.24) is 5.32 Å². The number of benzene rings is 1. The van der Waals surface area contributed by atoms with Crippen LogP contribution >= 0.6 is 15.9 Å². The van der Waals surface area contributed by atoms with Crippen LogP contribution < -0.4 is 10.6 Å². The Balaban J connectivity index is 2.65. The van der Waals surface area contributed by atoms with Gasteiger partial charge in [0, 0.05) is 18.3 Å². The number of urea groups is 1. The van der Waals surface area contributed by atoms with E-state index in [0.717, 1.165) is 12.8 Å². The number of nitrogens with one attached hydrogen (secondary N) is 2. The van der Waals surface area contributed by atoms with Crippen molar-refractivity contribution in [3.05, 3.63) is 32.8 Å². The topological polar surface area (TPSA) is 84.3 Å². The summed E-state index contributed by atoms with van der Waals surface area (Å²) >= 11 is 3.08. The van der Waals surface area contributed by atoms with E-state index in [1.807, 2.05) is 6.92 Å². The second-order valence-corrected chi connectivity index (χ2v) is 4.51. The molecule has 0 atom stereocenters. The molecule has 0 spiro atoms. The Kier molecular flexibility index (Phi) is 5.57. The fourth-order valence-corrected chi connectivity index (χ4v) is 1.68. The Labute approximate surface area is 113 Å². The molecule has 0 heterocycles. The summed E-state index contributed by atoms with van der Waals surface area (Å²) in [7, 11) is 0. The summed E-state index contributed by atoms with van der Waals surface area (Å²) < 4.78 is 0.379. The van der Waals surface area contributed by atoms with E-state index >= 15 is 0 Å². The van der Waals surface area contributed by atoms with Crippen molar-refractivity contribution in [2.75, 3.05) is 11.9 Å². The molecular formula is C11H14BrN3O3. The summed E-state index contributed by atoms with van der Waals surface area (Å²) in [5.41, 5.74) is 0.306. The van der Waals surface area contributed by atoms with Crippen LogP contribution in [0.2, 0.25) is 0 Å². The van der Waals surface area contributed by atoms with Gasteiger partial charge in [0.05, 0.1) is 9.40 Å². The lowest BCUT2D eigenvalue weighted by atomic mass is 10.3. The highest BCUT2D eigenvalue weighted by Crippen LogP contribution is 2.27. The first kappa shape index (κ1) is 14.4. The Bertz CT molecular complexity index is 451. The number of halogens is 1. The summed E-state index contributed by atoms with van der Waals surface area (Å²) in [6, 6.07) is 4.07. The van der Waals surface area contributed by atoms with Crippen LogP contribution in [0.25, 0.3) is 0 Å². The van der Waals surface area contributed by atoms with Crippen LogP contribution in [0.4, 0.5) is 16.2 Å². The fourth-order valence-electron chi connectivity index (χ4n) is 1.28. The minimum atomic E-state index is -0.510. The van der Waals surface area contributed by atoms with Gasteiger partial charge in [-0.1, -0.05) is 13.3 Å². The van der Waals surface area contributed by atoms with Crippen molar-refractivity contribution in [3.63, 3.8) is 0 Å². The zero-order valence-corrected chi connectivity index (χ0v) is 11.5. The number of carbonyl (C=O) groups excluding carboxylic acids is 1. The smallest absolute Gasteiger partial charge is 0.319 e. The Morgan fingerprint density at radius 3 is 2.83 bits per heavy atom. The monoisotopic (exact) mass is 315 g/mol. The summed E-state index contributed by atoms with van der Waals surface area (Å²) in [5.74, 6) is 0. The van der Waals surface area contributed by atoms with Gasteiger partial charge in [-0.05, 0) is 34.5 Å². The Morgan fingerprint density at radius 1 is 1.50 bits per heavy atom. The third-order valence-electron chi connectivity index (χ3n) is 2.22. The van der Waals surface area contributed by atoms with E-state index in [9.17, 15) is 14.9 Å². The van der Waals surface area contributed by atoms with E-state index in [1.165, 1.54) is 12.1 Å². The van der Waals surface area contributed by atoms with E-state index in [4.69, 9.17) is 0 Å². The lowest BCUT2D eigenvalue weighted by molar-refractivity contribution is -0.385. The first-order chi connectivity index (χ1) is 8.54. The fraction of sp³-hybridized carbons (Fsp3) is 0.364. The minimum Gasteiger partial charge on any atom is -0.338 e. The van der Waals surface area contributed by atoms with Gasteiger partial charge < -0.3 is 10.6 Å². The second-order valence-electron chi connectivity index (χ2n) is 3.66. The van der Waals surface area contributed by atoms with Crippen molar-refractivity contribution in [2.45, 2.75) is 19.8 Å². The molecule has 0 bridgehead atoms. The van der Waals surface area contributed by atoms with Gasteiger partial charge in [-0.15, -0.1) is 0 Å². The van der Waals surface area contributed by atoms with Gasteiger partial charge in [-0.3, -0.25) is 10.1 Å². The van der Waals surface area contributed by atoms with Gasteiger partial charge in [0.2, 0.25) is 0 Å². The van der Waals surface area contributed by atoms with E-state index in [2.05, 4.69) is 26.6 Å². The molecule has 0 saturated carbocycles. The number of hydrogen-bond acceptors (Lipinski definition) is 3. The summed E-state index contributed by atoms with van der Waals surface area (Å²) in [5, 5.41) is 15.9. The van der Waals surface area contributed by atoms with E-state index < -0.39 is 4.92 Å². The van der Waals surface area contributed by atoms with E-state index in [-0.39, 0.29) is 11.7 Å². The number of unbranched alkanes of at least 4 members (excludes halogenated alkanes) is 1. The van der Waals surface area contributed by atoms with Gasteiger partial charge in [0.25, 0.3) is 5.69 Å². The minimum absolute atomic E-state index is 0.0821. The Hall–Kier alpha value is -1.63. The molecule has 98 valence electrons. The summed E-state index contributed by atoms with van der Waals surface area (Å²) in [6.45, 7) is 2.61. The highest BCUT2D eigenvalue weighted by molar-refractivity contribution is 9.10. The summed E-state index contributed by atoms with van der Waals surface area (Å²) in [4.78, 5) is 21.7. The second kappa shape index (κ2) is 6.95. The third-order valence-corrected chi connectivity index (χ3v) is 2.89. The van der Waals surface area contributed by atoms with Gasteiger partial charge in [-0.2, -0.15) is 0 Å². The third kappa shape index (κ3) is 4.33. The molecule has 2 amide bonds. The molecule has 1 aromatic carbocycles. The average Bonchev–Trinajstić information content (AvgIpc) is 2.31. The molecule has 0 aliphatic rings. The van der Waals surface area contributed by atoms with Crippen molar-refractivity contribution >= 4 is 33.3 Å². The van der Waals surface area contributed by atoms with Crippen LogP contribution in [0.15, 0.2) is 22.7 Å². The van der Waals surface area contributed by atoms with E-state index in [1.54, 1.807) is 6.07 Å². The van der Waals surface area contributed by atoms with Gasteiger partial charge >= 0.3 is 6.03 Å². The van der Waals surface area contributed by atoms with Crippen molar-refractivity contribution < 1.29 is 9.72 Å². The van der Waals surface area contributed by atoms with Gasteiger partial charge in [0.15, 0.2) is 0 Å². The molecule has 7 heteroatoms. The van der Waals surface area contributed by atoms with Crippen LogP contribution in [0, 0.1) is 10.1 Å². The number of anilines is 1. The first-order valence-electron chi connectivity index (χ1n) is 5.53. The number of carbonyl (C=O) groups is 1.